The van der Waals surface area contributed by atoms with Crippen molar-refractivity contribution in [1.29, 1.82) is 0 Å². The quantitative estimate of drug-likeness (QED) is 0.866. The van der Waals surface area contributed by atoms with Crippen molar-refractivity contribution in [3.05, 3.63) is 35.9 Å². The summed E-state index contributed by atoms with van der Waals surface area (Å²) >= 11 is 0. The lowest BCUT2D eigenvalue weighted by atomic mass is 9.98. The van der Waals surface area contributed by atoms with E-state index < -0.39 is 0 Å². The molecule has 3 heteroatoms. The van der Waals surface area contributed by atoms with E-state index in [-0.39, 0.29) is 11.6 Å². The van der Waals surface area contributed by atoms with Gasteiger partial charge in [0.05, 0.1) is 12.7 Å². The molecule has 1 heterocycles. The first-order chi connectivity index (χ1) is 8.13. The van der Waals surface area contributed by atoms with Crippen molar-refractivity contribution in [2.45, 2.75) is 25.5 Å². The maximum absolute atomic E-state index is 5.97. The number of rotatable bonds is 3. The van der Waals surface area contributed by atoms with Gasteiger partial charge in [-0.3, -0.25) is 4.90 Å². The summed E-state index contributed by atoms with van der Waals surface area (Å²) in [6, 6.07) is 10.4. The minimum Gasteiger partial charge on any atom is -0.370 e. The fourth-order valence-corrected chi connectivity index (χ4v) is 2.31. The standard InChI is InChI=1S/C14H22N2O/c1-14(2)11-17-13(10-16(14)9-8-15)12-6-4-3-5-7-12/h3-7,13H,8-11,15H2,1-2H3. The Morgan fingerprint density at radius 1 is 1.35 bits per heavy atom. The molecule has 1 aromatic rings. The lowest BCUT2D eigenvalue weighted by Gasteiger charge is -2.45. The number of hydrogen-bond acceptors (Lipinski definition) is 3. The van der Waals surface area contributed by atoms with Crippen LogP contribution < -0.4 is 5.73 Å². The fourth-order valence-electron chi connectivity index (χ4n) is 2.31. The van der Waals surface area contributed by atoms with Crippen molar-refractivity contribution in [1.82, 2.24) is 4.90 Å². The molecule has 2 rings (SSSR count). The van der Waals surface area contributed by atoms with Gasteiger partial charge < -0.3 is 10.5 Å². The average Bonchev–Trinajstić information content (AvgIpc) is 2.33. The predicted molar refractivity (Wildman–Crippen MR) is 69.8 cm³/mol. The average molecular weight is 234 g/mol. The summed E-state index contributed by atoms with van der Waals surface area (Å²) in [6.07, 6.45) is 0.177. The Labute approximate surface area is 104 Å². The molecule has 3 nitrogen and oxygen atoms in total. The molecule has 0 radical (unpaired) electrons. The van der Waals surface area contributed by atoms with Gasteiger partial charge in [-0.25, -0.2) is 0 Å². The van der Waals surface area contributed by atoms with Gasteiger partial charge in [-0.2, -0.15) is 0 Å². The van der Waals surface area contributed by atoms with Crippen LogP contribution in [0.1, 0.15) is 25.5 Å². The zero-order valence-electron chi connectivity index (χ0n) is 10.7. The maximum atomic E-state index is 5.97. The summed E-state index contributed by atoms with van der Waals surface area (Å²) < 4.78 is 5.97. The molecule has 0 amide bonds. The minimum atomic E-state index is 0.0879. The largest absolute Gasteiger partial charge is 0.370 e. The number of benzene rings is 1. The van der Waals surface area contributed by atoms with Crippen LogP contribution in [-0.4, -0.2) is 36.7 Å². The second-order valence-electron chi connectivity index (χ2n) is 5.26. The van der Waals surface area contributed by atoms with Gasteiger partial charge in [-0.1, -0.05) is 30.3 Å². The van der Waals surface area contributed by atoms with E-state index in [1.807, 2.05) is 6.07 Å². The van der Waals surface area contributed by atoms with Gasteiger partial charge in [0.1, 0.15) is 0 Å². The number of nitrogens with zero attached hydrogens (tertiary/aromatic N) is 1. The summed E-state index contributed by atoms with van der Waals surface area (Å²) in [5.74, 6) is 0. The summed E-state index contributed by atoms with van der Waals surface area (Å²) in [4.78, 5) is 2.42. The Hall–Kier alpha value is -0.900. The molecular formula is C14H22N2O. The molecule has 0 aliphatic carbocycles. The van der Waals surface area contributed by atoms with Crippen LogP contribution in [0.15, 0.2) is 30.3 Å². The van der Waals surface area contributed by atoms with E-state index in [0.29, 0.717) is 6.54 Å². The molecule has 0 spiro atoms. The van der Waals surface area contributed by atoms with E-state index in [1.54, 1.807) is 0 Å². The number of nitrogens with two attached hydrogens (primary N) is 1. The normalized spacial score (nSPS) is 24.8. The van der Waals surface area contributed by atoms with Crippen molar-refractivity contribution in [2.75, 3.05) is 26.2 Å². The van der Waals surface area contributed by atoms with Gasteiger partial charge in [0, 0.05) is 25.2 Å². The second kappa shape index (κ2) is 5.17. The van der Waals surface area contributed by atoms with E-state index in [0.717, 1.165) is 19.7 Å². The zero-order valence-corrected chi connectivity index (χ0v) is 10.7. The van der Waals surface area contributed by atoms with Gasteiger partial charge in [-0.15, -0.1) is 0 Å². The molecule has 0 bridgehead atoms. The maximum Gasteiger partial charge on any atom is 0.0952 e. The molecular weight excluding hydrogens is 212 g/mol. The van der Waals surface area contributed by atoms with Crippen LogP contribution in [0.25, 0.3) is 0 Å². The molecule has 1 aromatic carbocycles. The molecule has 1 atom stereocenters. The zero-order chi connectivity index (χ0) is 12.3. The van der Waals surface area contributed by atoms with E-state index in [4.69, 9.17) is 10.5 Å². The fraction of sp³-hybridized carbons (Fsp3) is 0.571. The molecule has 1 aliphatic heterocycles. The Morgan fingerprint density at radius 3 is 2.71 bits per heavy atom. The van der Waals surface area contributed by atoms with Crippen LogP contribution in [0.3, 0.4) is 0 Å². The SMILES string of the molecule is CC1(C)COC(c2ccccc2)CN1CCN. The first kappa shape index (κ1) is 12.6. The van der Waals surface area contributed by atoms with Crippen molar-refractivity contribution < 1.29 is 4.74 Å². The van der Waals surface area contributed by atoms with E-state index in [2.05, 4.69) is 43.0 Å². The number of morpholine rings is 1. The Kier molecular flexibility index (Phi) is 3.82. The molecule has 1 saturated heterocycles. The third-order valence-corrected chi connectivity index (χ3v) is 3.45. The Bertz CT molecular complexity index is 350. The van der Waals surface area contributed by atoms with Crippen molar-refractivity contribution in [2.24, 2.45) is 5.73 Å². The first-order valence-corrected chi connectivity index (χ1v) is 6.25. The van der Waals surface area contributed by atoms with E-state index in [1.165, 1.54) is 5.56 Å². The first-order valence-electron chi connectivity index (χ1n) is 6.25. The summed E-state index contributed by atoms with van der Waals surface area (Å²) in [5, 5.41) is 0. The van der Waals surface area contributed by atoms with Gasteiger partial charge in [-0.05, 0) is 19.4 Å². The molecule has 94 valence electrons. The third-order valence-electron chi connectivity index (χ3n) is 3.45. The van der Waals surface area contributed by atoms with Crippen LogP contribution in [0.5, 0.6) is 0 Å². The molecule has 1 aliphatic rings. The highest BCUT2D eigenvalue weighted by molar-refractivity contribution is 5.18. The highest BCUT2D eigenvalue weighted by Gasteiger charge is 2.34. The molecule has 17 heavy (non-hydrogen) atoms. The van der Waals surface area contributed by atoms with Gasteiger partial charge in [0.25, 0.3) is 0 Å². The number of ether oxygens (including phenoxy) is 1. The predicted octanol–water partition coefficient (Wildman–Crippen LogP) is 1.80. The van der Waals surface area contributed by atoms with Gasteiger partial charge in [0.15, 0.2) is 0 Å². The van der Waals surface area contributed by atoms with Crippen molar-refractivity contribution in [3.63, 3.8) is 0 Å². The Morgan fingerprint density at radius 2 is 2.06 bits per heavy atom. The van der Waals surface area contributed by atoms with Crippen LogP contribution in [0, 0.1) is 0 Å². The smallest absolute Gasteiger partial charge is 0.0952 e. The lowest BCUT2D eigenvalue weighted by Crippen LogP contribution is -2.55. The molecule has 1 unspecified atom stereocenters. The molecule has 0 aromatic heterocycles. The van der Waals surface area contributed by atoms with Crippen molar-refractivity contribution in [3.8, 4) is 0 Å². The summed E-state index contributed by atoms with van der Waals surface area (Å²) in [5.41, 5.74) is 7.02. The van der Waals surface area contributed by atoms with Crippen LogP contribution >= 0.6 is 0 Å². The summed E-state index contributed by atoms with van der Waals surface area (Å²) in [7, 11) is 0. The monoisotopic (exact) mass is 234 g/mol. The third kappa shape index (κ3) is 2.86. The highest BCUT2D eigenvalue weighted by atomic mass is 16.5. The molecule has 1 fully saturated rings. The van der Waals surface area contributed by atoms with Crippen LogP contribution in [-0.2, 0) is 4.74 Å². The van der Waals surface area contributed by atoms with Crippen LogP contribution in [0.4, 0.5) is 0 Å². The number of hydrogen-bond donors (Lipinski definition) is 1. The minimum absolute atomic E-state index is 0.0879. The Balaban J connectivity index is 2.09. The van der Waals surface area contributed by atoms with Gasteiger partial charge in [0.2, 0.25) is 0 Å². The van der Waals surface area contributed by atoms with Crippen molar-refractivity contribution >= 4 is 0 Å². The highest BCUT2D eigenvalue weighted by Crippen LogP contribution is 2.29. The summed E-state index contributed by atoms with van der Waals surface area (Å²) in [6.45, 7) is 7.74. The van der Waals surface area contributed by atoms with Gasteiger partial charge >= 0.3 is 0 Å². The lowest BCUT2D eigenvalue weighted by molar-refractivity contribution is -0.0991. The van der Waals surface area contributed by atoms with E-state index in [9.17, 15) is 0 Å². The molecule has 0 saturated carbocycles. The van der Waals surface area contributed by atoms with Crippen LogP contribution in [0.2, 0.25) is 0 Å². The molecule has 2 N–H and O–H groups in total. The topological polar surface area (TPSA) is 38.5 Å². The van der Waals surface area contributed by atoms with E-state index >= 15 is 0 Å². The second-order valence-corrected chi connectivity index (χ2v) is 5.26.